The van der Waals surface area contributed by atoms with Crippen LogP contribution in [0.4, 0.5) is 0 Å². The minimum absolute atomic E-state index is 0.493. The lowest BCUT2D eigenvalue weighted by Crippen LogP contribution is -2.30. The van der Waals surface area contributed by atoms with Gasteiger partial charge < -0.3 is 5.32 Å². The van der Waals surface area contributed by atoms with Gasteiger partial charge in [-0.3, -0.25) is 0 Å². The molecule has 2 saturated carbocycles. The Bertz CT molecular complexity index is 342. The van der Waals surface area contributed by atoms with E-state index in [1.165, 1.54) is 38.5 Å². The van der Waals surface area contributed by atoms with Gasteiger partial charge in [-0.2, -0.15) is 0 Å². The van der Waals surface area contributed by atoms with Crippen molar-refractivity contribution in [3.63, 3.8) is 0 Å². The van der Waals surface area contributed by atoms with E-state index in [0.29, 0.717) is 17.4 Å². The fourth-order valence-corrected chi connectivity index (χ4v) is 3.14. The molecule has 0 saturated heterocycles. The Kier molecular flexibility index (Phi) is 5.49. The first-order chi connectivity index (χ1) is 9.57. The summed E-state index contributed by atoms with van der Waals surface area (Å²) >= 11 is 0. The van der Waals surface area contributed by atoms with Crippen LogP contribution < -0.4 is 5.32 Å². The van der Waals surface area contributed by atoms with Gasteiger partial charge in [0.05, 0.1) is 0 Å². The van der Waals surface area contributed by atoms with Gasteiger partial charge in [-0.1, -0.05) is 38.5 Å². The smallest absolute Gasteiger partial charge is 0.00363 e. The molecular formula is C19H33N. The molecule has 2 aliphatic rings. The molecule has 1 heteroatoms. The van der Waals surface area contributed by atoms with E-state index in [-0.39, 0.29) is 0 Å². The Balaban J connectivity index is 1.72. The van der Waals surface area contributed by atoms with Crippen molar-refractivity contribution in [2.45, 2.75) is 65.3 Å². The van der Waals surface area contributed by atoms with Crippen molar-refractivity contribution in [2.24, 2.45) is 23.2 Å². The third-order valence-electron chi connectivity index (χ3n) is 5.62. The predicted octanol–water partition coefficient (Wildman–Crippen LogP) is 4.95. The standard InChI is InChI=1S/C19H33N/c1-5-15(3)20-14-16(6-2)12-18-13-19(18,4)11-10-17-8-7-9-17/h6,10-11,15-18,20H,2,5,7-9,12-14H2,1,3-4H3/b11-10+. The number of hydrogen-bond donors (Lipinski definition) is 1. The highest BCUT2D eigenvalue weighted by Crippen LogP contribution is 2.56. The van der Waals surface area contributed by atoms with E-state index >= 15 is 0 Å². The number of rotatable bonds is 9. The van der Waals surface area contributed by atoms with Crippen LogP contribution >= 0.6 is 0 Å². The fourth-order valence-electron chi connectivity index (χ4n) is 3.14. The van der Waals surface area contributed by atoms with Crippen LogP contribution in [0.15, 0.2) is 24.8 Å². The van der Waals surface area contributed by atoms with Crippen molar-refractivity contribution in [1.82, 2.24) is 5.32 Å². The summed E-state index contributed by atoms with van der Waals surface area (Å²) in [5, 5.41) is 3.62. The highest BCUT2D eigenvalue weighted by Gasteiger charge is 2.48. The van der Waals surface area contributed by atoms with E-state index in [2.05, 4.69) is 50.9 Å². The van der Waals surface area contributed by atoms with Crippen LogP contribution in [0, 0.1) is 23.2 Å². The Morgan fingerprint density at radius 3 is 2.70 bits per heavy atom. The van der Waals surface area contributed by atoms with Crippen LogP contribution in [0.1, 0.15) is 59.3 Å². The van der Waals surface area contributed by atoms with E-state index in [1.54, 1.807) is 0 Å². The lowest BCUT2D eigenvalue weighted by molar-refractivity contribution is 0.383. The third kappa shape index (κ3) is 4.22. The molecule has 4 unspecified atom stereocenters. The molecule has 1 nitrogen and oxygen atoms in total. The molecular weight excluding hydrogens is 242 g/mol. The first kappa shape index (κ1) is 15.8. The summed E-state index contributed by atoms with van der Waals surface area (Å²) in [6.45, 7) is 12.1. The lowest BCUT2D eigenvalue weighted by Gasteiger charge is -2.22. The molecule has 0 aliphatic heterocycles. The molecule has 20 heavy (non-hydrogen) atoms. The Morgan fingerprint density at radius 1 is 1.40 bits per heavy atom. The van der Waals surface area contributed by atoms with Crippen LogP contribution in [0.5, 0.6) is 0 Å². The first-order valence-electron chi connectivity index (χ1n) is 8.62. The second-order valence-corrected chi connectivity index (χ2v) is 7.41. The highest BCUT2D eigenvalue weighted by atomic mass is 14.9. The molecule has 0 heterocycles. The SMILES string of the molecule is C=CC(CNC(C)CC)CC1CC1(C)/C=C/C1CCC1. The summed E-state index contributed by atoms with van der Waals surface area (Å²) < 4.78 is 0. The van der Waals surface area contributed by atoms with Crippen molar-refractivity contribution in [2.75, 3.05) is 6.54 Å². The molecule has 114 valence electrons. The lowest BCUT2D eigenvalue weighted by atomic mass is 9.84. The second kappa shape index (κ2) is 6.93. The molecule has 0 spiro atoms. The average Bonchev–Trinajstić information content (AvgIpc) is 3.02. The summed E-state index contributed by atoms with van der Waals surface area (Å²) in [6.07, 6.45) is 15.4. The van der Waals surface area contributed by atoms with E-state index in [9.17, 15) is 0 Å². The molecule has 0 aromatic carbocycles. The Morgan fingerprint density at radius 2 is 2.15 bits per heavy atom. The van der Waals surface area contributed by atoms with Crippen molar-refractivity contribution >= 4 is 0 Å². The maximum Gasteiger partial charge on any atom is 0.00363 e. The van der Waals surface area contributed by atoms with E-state index in [0.717, 1.165) is 18.4 Å². The van der Waals surface area contributed by atoms with Gasteiger partial charge in [0, 0.05) is 12.6 Å². The Labute approximate surface area is 125 Å². The minimum atomic E-state index is 0.493. The number of nitrogens with one attached hydrogen (secondary N) is 1. The summed E-state index contributed by atoms with van der Waals surface area (Å²) in [4.78, 5) is 0. The van der Waals surface area contributed by atoms with Crippen molar-refractivity contribution in [3.05, 3.63) is 24.8 Å². The predicted molar refractivity (Wildman–Crippen MR) is 88.8 cm³/mol. The maximum absolute atomic E-state index is 4.03. The van der Waals surface area contributed by atoms with Crippen LogP contribution in [0.3, 0.4) is 0 Å². The normalized spacial score (nSPS) is 32.9. The zero-order chi connectivity index (χ0) is 14.6. The van der Waals surface area contributed by atoms with Crippen molar-refractivity contribution in [3.8, 4) is 0 Å². The van der Waals surface area contributed by atoms with Gasteiger partial charge >= 0.3 is 0 Å². The van der Waals surface area contributed by atoms with Crippen molar-refractivity contribution < 1.29 is 0 Å². The first-order valence-corrected chi connectivity index (χ1v) is 8.62. The maximum atomic E-state index is 4.03. The topological polar surface area (TPSA) is 12.0 Å². The summed E-state index contributed by atoms with van der Waals surface area (Å²) in [5.74, 6) is 2.41. The van der Waals surface area contributed by atoms with Crippen LogP contribution in [0.25, 0.3) is 0 Å². The summed E-state index contributed by atoms with van der Waals surface area (Å²) in [5.41, 5.74) is 0.493. The van der Waals surface area contributed by atoms with Gasteiger partial charge in [0.25, 0.3) is 0 Å². The molecule has 1 N–H and O–H groups in total. The molecule has 0 amide bonds. The molecule has 0 aromatic heterocycles. The molecule has 2 fully saturated rings. The third-order valence-corrected chi connectivity index (χ3v) is 5.62. The molecule has 2 aliphatic carbocycles. The van der Waals surface area contributed by atoms with E-state index in [1.807, 2.05) is 0 Å². The summed E-state index contributed by atoms with van der Waals surface area (Å²) in [7, 11) is 0. The quantitative estimate of drug-likeness (QED) is 0.587. The Hall–Kier alpha value is -0.560. The highest BCUT2D eigenvalue weighted by molar-refractivity contribution is 5.14. The van der Waals surface area contributed by atoms with Gasteiger partial charge in [0.2, 0.25) is 0 Å². The number of allylic oxidation sites excluding steroid dienone is 2. The van der Waals surface area contributed by atoms with Gasteiger partial charge in [-0.15, -0.1) is 6.58 Å². The second-order valence-electron chi connectivity index (χ2n) is 7.41. The van der Waals surface area contributed by atoms with Gasteiger partial charge in [0.1, 0.15) is 0 Å². The van der Waals surface area contributed by atoms with E-state index in [4.69, 9.17) is 0 Å². The fraction of sp³-hybridized carbons (Fsp3) is 0.789. The molecule has 0 radical (unpaired) electrons. The van der Waals surface area contributed by atoms with Gasteiger partial charge in [-0.05, 0) is 62.2 Å². The minimum Gasteiger partial charge on any atom is -0.314 e. The zero-order valence-electron chi connectivity index (χ0n) is 13.7. The van der Waals surface area contributed by atoms with Crippen LogP contribution in [0.2, 0.25) is 0 Å². The zero-order valence-corrected chi connectivity index (χ0v) is 13.7. The molecule has 0 bridgehead atoms. The van der Waals surface area contributed by atoms with Gasteiger partial charge in [0.15, 0.2) is 0 Å². The average molecular weight is 275 g/mol. The van der Waals surface area contributed by atoms with Crippen molar-refractivity contribution in [1.29, 1.82) is 0 Å². The van der Waals surface area contributed by atoms with Crippen LogP contribution in [-0.2, 0) is 0 Å². The molecule has 0 aromatic rings. The summed E-state index contributed by atoms with van der Waals surface area (Å²) in [6, 6.07) is 0.626. The number of hydrogen-bond acceptors (Lipinski definition) is 1. The molecule has 4 atom stereocenters. The molecule has 2 rings (SSSR count). The largest absolute Gasteiger partial charge is 0.314 e. The monoisotopic (exact) mass is 275 g/mol. The van der Waals surface area contributed by atoms with Gasteiger partial charge in [-0.25, -0.2) is 0 Å². The van der Waals surface area contributed by atoms with E-state index < -0.39 is 0 Å². The van der Waals surface area contributed by atoms with Crippen LogP contribution in [-0.4, -0.2) is 12.6 Å².